The molecule has 2 aromatic rings. The van der Waals surface area contributed by atoms with Gasteiger partial charge in [0.1, 0.15) is 5.82 Å². The van der Waals surface area contributed by atoms with Crippen LogP contribution in [0.5, 0.6) is 0 Å². The summed E-state index contributed by atoms with van der Waals surface area (Å²) in [6.45, 7) is 0.450. The highest BCUT2D eigenvalue weighted by atomic mass is 35.5. The van der Waals surface area contributed by atoms with Crippen LogP contribution < -0.4 is 11.1 Å². The van der Waals surface area contributed by atoms with Crippen molar-refractivity contribution in [1.82, 2.24) is 4.98 Å². The van der Waals surface area contributed by atoms with Gasteiger partial charge in [-0.3, -0.25) is 4.79 Å². The van der Waals surface area contributed by atoms with E-state index in [0.717, 1.165) is 10.9 Å². The van der Waals surface area contributed by atoms with Crippen molar-refractivity contribution in [2.24, 2.45) is 5.73 Å². The molecule has 1 aromatic carbocycles. The van der Waals surface area contributed by atoms with Gasteiger partial charge >= 0.3 is 0 Å². The molecular weight excluding hydrogens is 277 g/mol. The first-order chi connectivity index (χ1) is 8.54. The van der Waals surface area contributed by atoms with E-state index in [1.807, 2.05) is 0 Å². The number of hydrogen-bond donors (Lipinski definition) is 2. The summed E-state index contributed by atoms with van der Waals surface area (Å²) in [5.41, 5.74) is 5.71. The molecule has 7 heteroatoms. The number of aromatic nitrogens is 1. The third kappa shape index (κ3) is 3.18. The first-order valence-electron chi connectivity index (χ1n) is 4.99. The third-order valence-corrected chi connectivity index (χ3v) is 3.29. The highest BCUT2D eigenvalue weighted by molar-refractivity contribution is 7.15. The first kappa shape index (κ1) is 12.8. The molecule has 0 unspecified atom stereocenters. The van der Waals surface area contributed by atoms with Crippen molar-refractivity contribution in [2.75, 3.05) is 5.32 Å². The molecule has 0 saturated carbocycles. The van der Waals surface area contributed by atoms with Crippen molar-refractivity contribution in [2.45, 2.75) is 6.54 Å². The molecule has 2 rings (SSSR count). The van der Waals surface area contributed by atoms with Gasteiger partial charge in [-0.15, -0.1) is 11.3 Å². The molecule has 1 aromatic heterocycles. The average Bonchev–Trinajstić information content (AvgIpc) is 2.72. The highest BCUT2D eigenvalue weighted by Gasteiger charge is 2.06. The maximum Gasteiger partial charge on any atom is 0.248 e. The second kappa shape index (κ2) is 5.32. The lowest BCUT2D eigenvalue weighted by molar-refractivity contribution is 0.1000. The summed E-state index contributed by atoms with van der Waals surface area (Å²) in [5.74, 6) is -1.19. The number of nitrogens with two attached hydrogens (primary N) is 1. The van der Waals surface area contributed by atoms with Crippen LogP contribution in [0, 0.1) is 5.82 Å². The van der Waals surface area contributed by atoms with Crippen LogP contribution in [0.4, 0.5) is 10.1 Å². The molecule has 0 aliphatic carbocycles. The number of hydrogen-bond acceptors (Lipinski definition) is 4. The van der Waals surface area contributed by atoms with Crippen LogP contribution in [-0.4, -0.2) is 10.9 Å². The Morgan fingerprint density at radius 3 is 2.89 bits per heavy atom. The monoisotopic (exact) mass is 285 g/mol. The van der Waals surface area contributed by atoms with Crippen LogP contribution in [0.25, 0.3) is 0 Å². The van der Waals surface area contributed by atoms with Gasteiger partial charge in [-0.2, -0.15) is 0 Å². The first-order valence-corrected chi connectivity index (χ1v) is 6.18. The molecule has 4 nitrogen and oxygen atoms in total. The predicted molar refractivity (Wildman–Crippen MR) is 69.4 cm³/mol. The fourth-order valence-corrected chi connectivity index (χ4v) is 2.31. The topological polar surface area (TPSA) is 68.0 Å². The average molecular weight is 286 g/mol. The molecule has 18 heavy (non-hydrogen) atoms. The second-order valence-corrected chi connectivity index (χ2v) is 5.22. The van der Waals surface area contributed by atoms with E-state index in [0.29, 0.717) is 16.7 Å². The molecular formula is C11H9ClFN3OS. The van der Waals surface area contributed by atoms with Gasteiger partial charge in [0.2, 0.25) is 5.91 Å². The van der Waals surface area contributed by atoms with Crippen LogP contribution in [0.1, 0.15) is 15.2 Å². The van der Waals surface area contributed by atoms with Crippen LogP contribution in [-0.2, 0) is 6.54 Å². The molecule has 0 radical (unpaired) electrons. The van der Waals surface area contributed by atoms with Gasteiger partial charge in [0.25, 0.3) is 0 Å². The lowest BCUT2D eigenvalue weighted by Gasteiger charge is -2.06. The van der Waals surface area contributed by atoms with Crippen LogP contribution in [0.3, 0.4) is 0 Å². The molecule has 0 atom stereocenters. The number of amides is 1. The van der Waals surface area contributed by atoms with Crippen molar-refractivity contribution in [3.63, 3.8) is 0 Å². The van der Waals surface area contributed by atoms with Gasteiger partial charge in [0.15, 0.2) is 4.47 Å². The van der Waals surface area contributed by atoms with Gasteiger partial charge in [-0.25, -0.2) is 9.37 Å². The Balaban J connectivity index is 2.11. The number of primary amides is 1. The zero-order chi connectivity index (χ0) is 13.1. The zero-order valence-electron chi connectivity index (χ0n) is 9.11. The smallest absolute Gasteiger partial charge is 0.248 e. The maximum atomic E-state index is 13.2. The van der Waals surface area contributed by atoms with E-state index >= 15 is 0 Å². The number of nitrogens with one attached hydrogen (secondary N) is 1. The Morgan fingerprint density at radius 1 is 1.50 bits per heavy atom. The molecule has 3 N–H and O–H groups in total. The Morgan fingerprint density at radius 2 is 2.28 bits per heavy atom. The fraction of sp³-hybridized carbons (Fsp3) is 0.0909. The molecule has 0 spiro atoms. The van der Waals surface area contributed by atoms with E-state index in [-0.39, 0.29) is 5.56 Å². The van der Waals surface area contributed by atoms with Crippen LogP contribution in [0.15, 0.2) is 24.4 Å². The summed E-state index contributed by atoms with van der Waals surface area (Å²) >= 11 is 7.02. The van der Waals surface area contributed by atoms with Crippen molar-refractivity contribution < 1.29 is 9.18 Å². The SMILES string of the molecule is NC(=O)c1cc(F)cc(NCc2cnc(Cl)s2)c1. The van der Waals surface area contributed by atoms with Gasteiger partial charge in [-0.1, -0.05) is 11.6 Å². The van der Waals surface area contributed by atoms with Crippen molar-refractivity contribution in [3.05, 3.63) is 45.1 Å². The van der Waals surface area contributed by atoms with E-state index in [9.17, 15) is 9.18 Å². The van der Waals surface area contributed by atoms with Gasteiger partial charge in [0, 0.05) is 22.3 Å². The number of carbonyl (C=O) groups is 1. The molecule has 1 heterocycles. The second-order valence-electron chi connectivity index (χ2n) is 3.53. The summed E-state index contributed by atoms with van der Waals surface area (Å²) in [4.78, 5) is 15.8. The Labute approximate surface area is 112 Å². The normalized spacial score (nSPS) is 10.3. The van der Waals surface area contributed by atoms with Crippen molar-refractivity contribution in [3.8, 4) is 0 Å². The van der Waals surface area contributed by atoms with E-state index < -0.39 is 11.7 Å². The van der Waals surface area contributed by atoms with E-state index in [1.165, 1.54) is 23.5 Å². The molecule has 0 saturated heterocycles. The lowest BCUT2D eigenvalue weighted by Crippen LogP contribution is -2.12. The van der Waals surface area contributed by atoms with E-state index in [2.05, 4.69) is 10.3 Å². The summed E-state index contributed by atoms with van der Waals surface area (Å²) in [6.07, 6.45) is 1.63. The molecule has 0 aliphatic heterocycles. The Hall–Kier alpha value is -1.66. The van der Waals surface area contributed by atoms with Crippen molar-refractivity contribution >= 4 is 34.5 Å². The third-order valence-electron chi connectivity index (χ3n) is 2.17. The molecule has 0 bridgehead atoms. The predicted octanol–water partition coefficient (Wildman–Crippen LogP) is 2.65. The number of halogens is 2. The van der Waals surface area contributed by atoms with E-state index in [1.54, 1.807) is 6.20 Å². The number of benzene rings is 1. The van der Waals surface area contributed by atoms with Crippen LogP contribution >= 0.6 is 22.9 Å². The van der Waals surface area contributed by atoms with Gasteiger partial charge < -0.3 is 11.1 Å². The van der Waals surface area contributed by atoms with Gasteiger partial charge in [0.05, 0.1) is 6.54 Å². The minimum atomic E-state index is -0.668. The van der Waals surface area contributed by atoms with Gasteiger partial charge in [-0.05, 0) is 18.2 Å². The summed E-state index contributed by atoms with van der Waals surface area (Å²) in [6, 6.07) is 3.88. The lowest BCUT2D eigenvalue weighted by atomic mass is 10.2. The minimum Gasteiger partial charge on any atom is -0.380 e. The molecule has 94 valence electrons. The quantitative estimate of drug-likeness (QED) is 0.907. The summed E-state index contributed by atoms with van der Waals surface area (Å²) in [5, 5.41) is 2.97. The standard InChI is InChI=1S/C11H9ClFN3OS/c12-11-16-5-9(18-11)4-15-8-2-6(10(14)17)1-7(13)3-8/h1-3,5,15H,4H2,(H2,14,17). The fourth-order valence-electron chi connectivity index (χ4n) is 1.39. The Bertz CT molecular complexity index is 587. The molecule has 1 amide bonds. The minimum absolute atomic E-state index is 0.125. The summed E-state index contributed by atoms with van der Waals surface area (Å²) in [7, 11) is 0. The van der Waals surface area contributed by atoms with Crippen molar-refractivity contribution in [1.29, 1.82) is 0 Å². The maximum absolute atomic E-state index is 13.2. The van der Waals surface area contributed by atoms with Crippen LogP contribution in [0.2, 0.25) is 4.47 Å². The number of rotatable bonds is 4. The number of thiazole rings is 1. The summed E-state index contributed by atoms with van der Waals surface area (Å²) < 4.78 is 13.7. The number of anilines is 1. The molecule has 0 aliphatic rings. The Kier molecular flexibility index (Phi) is 3.78. The number of nitrogens with zero attached hydrogens (tertiary/aromatic N) is 1. The molecule has 0 fully saturated rings. The van der Waals surface area contributed by atoms with E-state index in [4.69, 9.17) is 17.3 Å². The highest BCUT2D eigenvalue weighted by Crippen LogP contribution is 2.20. The number of carbonyl (C=O) groups excluding carboxylic acids is 1. The zero-order valence-corrected chi connectivity index (χ0v) is 10.7. The largest absolute Gasteiger partial charge is 0.380 e.